The van der Waals surface area contributed by atoms with E-state index in [1.54, 1.807) is 0 Å². The first kappa shape index (κ1) is 8.31. The number of halogens is 1. The number of hydrogen-bond acceptors (Lipinski definition) is 0. The van der Waals surface area contributed by atoms with Gasteiger partial charge in [0.25, 0.3) is 0 Å². The molecule has 1 fully saturated rings. The lowest BCUT2D eigenvalue weighted by atomic mass is 10.0. The molecular weight excluding hydrogens is 212 g/mol. The lowest BCUT2D eigenvalue weighted by Gasteiger charge is -2.06. The van der Waals surface area contributed by atoms with E-state index in [0.717, 1.165) is 5.92 Å². The molecular formula is C11H13Br. The van der Waals surface area contributed by atoms with Crippen LogP contribution in [0.4, 0.5) is 0 Å². The van der Waals surface area contributed by atoms with Gasteiger partial charge in [-0.15, -0.1) is 0 Å². The first-order chi connectivity index (χ1) is 5.68. The van der Waals surface area contributed by atoms with Crippen molar-refractivity contribution in [3.8, 4) is 0 Å². The molecule has 12 heavy (non-hydrogen) atoms. The van der Waals surface area contributed by atoms with Gasteiger partial charge in [0, 0.05) is 4.47 Å². The normalized spacial score (nSPS) is 16.6. The van der Waals surface area contributed by atoms with Crippen LogP contribution in [-0.2, 0) is 0 Å². The van der Waals surface area contributed by atoms with E-state index < -0.39 is 0 Å². The van der Waals surface area contributed by atoms with Gasteiger partial charge in [-0.1, -0.05) is 22.0 Å². The molecule has 1 heteroatoms. The maximum atomic E-state index is 3.62. The molecule has 0 bridgehead atoms. The summed E-state index contributed by atoms with van der Waals surface area (Å²) in [6.45, 7) is 4.35. The van der Waals surface area contributed by atoms with Crippen molar-refractivity contribution in [2.45, 2.75) is 32.6 Å². The van der Waals surface area contributed by atoms with Crippen molar-refractivity contribution in [1.82, 2.24) is 0 Å². The van der Waals surface area contributed by atoms with Crippen LogP contribution in [0.1, 0.15) is 35.4 Å². The molecule has 0 unspecified atom stereocenters. The van der Waals surface area contributed by atoms with Gasteiger partial charge in [0.15, 0.2) is 0 Å². The highest BCUT2D eigenvalue weighted by atomic mass is 79.9. The van der Waals surface area contributed by atoms with Crippen LogP contribution in [0.15, 0.2) is 16.6 Å². The number of aryl methyl sites for hydroxylation is 2. The minimum Gasteiger partial charge on any atom is -0.0544 e. The molecule has 0 aliphatic heterocycles. The standard InChI is InChI=1S/C11H13Br/c1-7-5-10(9-3-4-9)11(12)6-8(7)2/h5-6,9H,3-4H2,1-2H3. The summed E-state index contributed by atoms with van der Waals surface area (Å²) in [5, 5.41) is 0. The van der Waals surface area contributed by atoms with Crippen LogP contribution in [0.5, 0.6) is 0 Å². The van der Waals surface area contributed by atoms with Crippen molar-refractivity contribution >= 4 is 15.9 Å². The SMILES string of the molecule is Cc1cc(Br)c(C2CC2)cc1C. The van der Waals surface area contributed by atoms with Gasteiger partial charge in [-0.2, -0.15) is 0 Å². The van der Waals surface area contributed by atoms with Gasteiger partial charge >= 0.3 is 0 Å². The summed E-state index contributed by atoms with van der Waals surface area (Å²) in [6, 6.07) is 4.57. The van der Waals surface area contributed by atoms with Crippen LogP contribution in [0, 0.1) is 13.8 Å². The van der Waals surface area contributed by atoms with Crippen molar-refractivity contribution in [3.05, 3.63) is 33.3 Å². The molecule has 2 rings (SSSR count). The van der Waals surface area contributed by atoms with Gasteiger partial charge in [-0.25, -0.2) is 0 Å². The summed E-state index contributed by atoms with van der Waals surface area (Å²) in [5.41, 5.74) is 4.31. The van der Waals surface area contributed by atoms with Gasteiger partial charge in [-0.05, 0) is 55.4 Å². The fourth-order valence-corrected chi connectivity index (χ4v) is 2.29. The van der Waals surface area contributed by atoms with E-state index in [2.05, 4.69) is 41.9 Å². The zero-order valence-corrected chi connectivity index (χ0v) is 9.11. The molecule has 64 valence electrons. The summed E-state index contributed by atoms with van der Waals surface area (Å²) in [4.78, 5) is 0. The zero-order chi connectivity index (χ0) is 8.72. The molecule has 0 radical (unpaired) electrons. The van der Waals surface area contributed by atoms with Gasteiger partial charge in [0.1, 0.15) is 0 Å². The molecule has 1 saturated carbocycles. The lowest BCUT2D eigenvalue weighted by molar-refractivity contribution is 1.10. The third kappa shape index (κ3) is 1.42. The first-order valence-electron chi connectivity index (χ1n) is 4.45. The van der Waals surface area contributed by atoms with Crippen molar-refractivity contribution in [3.63, 3.8) is 0 Å². The van der Waals surface area contributed by atoms with E-state index in [1.165, 1.54) is 34.0 Å². The lowest BCUT2D eigenvalue weighted by Crippen LogP contribution is -1.87. The highest BCUT2D eigenvalue weighted by molar-refractivity contribution is 9.10. The van der Waals surface area contributed by atoms with Crippen molar-refractivity contribution in [2.24, 2.45) is 0 Å². The molecule has 0 atom stereocenters. The molecule has 0 spiro atoms. The highest BCUT2D eigenvalue weighted by Gasteiger charge is 2.25. The molecule has 1 aromatic carbocycles. The van der Waals surface area contributed by atoms with Crippen LogP contribution in [0.2, 0.25) is 0 Å². The Morgan fingerprint density at radius 2 is 1.75 bits per heavy atom. The Morgan fingerprint density at radius 1 is 1.17 bits per heavy atom. The highest BCUT2D eigenvalue weighted by Crippen LogP contribution is 2.43. The topological polar surface area (TPSA) is 0 Å². The van der Waals surface area contributed by atoms with E-state index in [9.17, 15) is 0 Å². The molecule has 1 aromatic rings. The van der Waals surface area contributed by atoms with Crippen LogP contribution in [-0.4, -0.2) is 0 Å². The van der Waals surface area contributed by atoms with E-state index in [1.807, 2.05) is 0 Å². The fraction of sp³-hybridized carbons (Fsp3) is 0.455. The molecule has 0 heterocycles. The monoisotopic (exact) mass is 224 g/mol. The van der Waals surface area contributed by atoms with E-state index in [4.69, 9.17) is 0 Å². The Hall–Kier alpha value is -0.300. The molecule has 0 nitrogen and oxygen atoms in total. The summed E-state index contributed by atoms with van der Waals surface area (Å²) < 4.78 is 1.30. The molecule has 0 aromatic heterocycles. The van der Waals surface area contributed by atoms with E-state index in [0.29, 0.717) is 0 Å². The van der Waals surface area contributed by atoms with E-state index >= 15 is 0 Å². The second-order valence-corrected chi connectivity index (χ2v) is 4.59. The maximum Gasteiger partial charge on any atom is 0.0212 e. The zero-order valence-electron chi connectivity index (χ0n) is 7.52. The summed E-state index contributed by atoms with van der Waals surface area (Å²) in [5.74, 6) is 0.846. The van der Waals surface area contributed by atoms with E-state index in [-0.39, 0.29) is 0 Å². The largest absolute Gasteiger partial charge is 0.0544 e. The predicted molar refractivity (Wildman–Crippen MR) is 55.6 cm³/mol. The second kappa shape index (κ2) is 2.88. The number of rotatable bonds is 1. The van der Waals surface area contributed by atoms with Gasteiger partial charge in [0.2, 0.25) is 0 Å². The van der Waals surface area contributed by atoms with Crippen LogP contribution < -0.4 is 0 Å². The second-order valence-electron chi connectivity index (χ2n) is 3.73. The number of benzene rings is 1. The Labute approximate surface area is 82.1 Å². The molecule has 1 aliphatic carbocycles. The Bertz CT molecular complexity index is 311. The Kier molecular flexibility index (Phi) is 1.99. The predicted octanol–water partition coefficient (Wildman–Crippen LogP) is 3.94. The maximum absolute atomic E-state index is 3.62. The smallest absolute Gasteiger partial charge is 0.0212 e. The van der Waals surface area contributed by atoms with Crippen LogP contribution >= 0.6 is 15.9 Å². The average Bonchev–Trinajstić information content (AvgIpc) is 2.79. The third-order valence-electron chi connectivity index (χ3n) is 2.63. The Balaban J connectivity index is 2.47. The fourth-order valence-electron chi connectivity index (χ4n) is 1.51. The van der Waals surface area contributed by atoms with Crippen LogP contribution in [0.3, 0.4) is 0 Å². The number of hydrogen-bond donors (Lipinski definition) is 0. The Morgan fingerprint density at radius 3 is 2.33 bits per heavy atom. The molecule has 0 N–H and O–H groups in total. The van der Waals surface area contributed by atoms with Crippen molar-refractivity contribution in [2.75, 3.05) is 0 Å². The average molecular weight is 225 g/mol. The van der Waals surface area contributed by atoms with Gasteiger partial charge in [-0.3, -0.25) is 0 Å². The van der Waals surface area contributed by atoms with Gasteiger partial charge < -0.3 is 0 Å². The molecule has 0 saturated heterocycles. The van der Waals surface area contributed by atoms with Crippen LogP contribution in [0.25, 0.3) is 0 Å². The van der Waals surface area contributed by atoms with Crippen molar-refractivity contribution in [1.29, 1.82) is 0 Å². The third-order valence-corrected chi connectivity index (χ3v) is 3.32. The minimum atomic E-state index is 0.846. The first-order valence-corrected chi connectivity index (χ1v) is 5.24. The molecule has 1 aliphatic rings. The summed E-state index contributed by atoms with van der Waals surface area (Å²) in [7, 11) is 0. The summed E-state index contributed by atoms with van der Waals surface area (Å²) >= 11 is 3.62. The van der Waals surface area contributed by atoms with Gasteiger partial charge in [0.05, 0.1) is 0 Å². The van der Waals surface area contributed by atoms with Crippen molar-refractivity contribution < 1.29 is 0 Å². The quantitative estimate of drug-likeness (QED) is 0.678. The molecule has 0 amide bonds. The minimum absolute atomic E-state index is 0.846. The summed E-state index contributed by atoms with van der Waals surface area (Å²) in [6.07, 6.45) is 2.75.